The number of rotatable bonds is 3. The second-order valence-electron chi connectivity index (χ2n) is 5.14. The fraction of sp³-hybridized carbons (Fsp3) is 0.118. The minimum Gasteiger partial charge on any atom is -0.378 e. The van der Waals surface area contributed by atoms with E-state index in [1.54, 1.807) is 24.3 Å². The normalized spacial score (nSPS) is 18.3. The van der Waals surface area contributed by atoms with Gasteiger partial charge in [0, 0.05) is 10.9 Å². The lowest BCUT2D eigenvalue weighted by Crippen LogP contribution is -2.31. The Morgan fingerprint density at radius 2 is 1.79 bits per heavy atom. The number of anilines is 1. The highest BCUT2D eigenvalue weighted by molar-refractivity contribution is 9.10. The average Bonchev–Trinajstić information content (AvgIpc) is 2.83. The second kappa shape index (κ2) is 7.19. The van der Waals surface area contributed by atoms with Crippen molar-refractivity contribution in [3.05, 3.63) is 59.1 Å². The van der Waals surface area contributed by atoms with Gasteiger partial charge in [0.2, 0.25) is 11.8 Å². The van der Waals surface area contributed by atoms with E-state index in [2.05, 4.69) is 20.9 Å². The van der Waals surface area contributed by atoms with Crippen molar-refractivity contribution < 1.29 is 9.59 Å². The fourth-order valence-corrected chi connectivity index (χ4v) is 3.51. The molecule has 24 heavy (non-hydrogen) atoms. The zero-order chi connectivity index (χ0) is 17.1. The van der Waals surface area contributed by atoms with Gasteiger partial charge in [-0.1, -0.05) is 45.9 Å². The molecule has 2 aromatic rings. The van der Waals surface area contributed by atoms with Gasteiger partial charge in [0.05, 0.1) is 11.4 Å². The minimum atomic E-state index is -0.548. The predicted octanol–water partition coefficient (Wildman–Crippen LogP) is 3.46. The van der Waals surface area contributed by atoms with Gasteiger partial charge in [-0.3, -0.25) is 9.59 Å². The number of halogens is 1. The molecular weight excluding hydrogens is 390 g/mol. The number of amidine groups is 1. The maximum absolute atomic E-state index is 12.6. The second-order valence-corrected chi connectivity index (χ2v) is 7.28. The predicted molar refractivity (Wildman–Crippen MR) is 100 cm³/mol. The summed E-state index contributed by atoms with van der Waals surface area (Å²) in [5, 5.41) is -0.279. The molecule has 0 radical (unpaired) electrons. The van der Waals surface area contributed by atoms with Gasteiger partial charge in [0.1, 0.15) is 5.25 Å². The van der Waals surface area contributed by atoms with Crippen molar-refractivity contribution in [2.24, 2.45) is 10.7 Å². The molecule has 1 atom stereocenters. The van der Waals surface area contributed by atoms with Crippen molar-refractivity contribution in [1.82, 2.24) is 0 Å². The number of hydrogen-bond donors (Lipinski definition) is 1. The number of hydrogen-bond acceptors (Lipinski definition) is 4. The molecule has 1 heterocycles. The van der Waals surface area contributed by atoms with Crippen LogP contribution in [0, 0.1) is 0 Å². The summed E-state index contributed by atoms with van der Waals surface area (Å²) in [6, 6.07) is 16.3. The number of carbonyl (C=O) groups excluding carboxylic acids is 2. The number of amides is 2. The van der Waals surface area contributed by atoms with Crippen LogP contribution in [0.2, 0.25) is 0 Å². The van der Waals surface area contributed by atoms with Crippen molar-refractivity contribution >= 4 is 56.0 Å². The molecule has 2 amide bonds. The van der Waals surface area contributed by atoms with Crippen LogP contribution in [-0.4, -0.2) is 22.2 Å². The third-order valence-corrected chi connectivity index (χ3v) is 4.96. The summed E-state index contributed by atoms with van der Waals surface area (Å²) in [6.45, 7) is 0. The molecule has 7 heteroatoms. The van der Waals surface area contributed by atoms with E-state index in [9.17, 15) is 9.59 Å². The van der Waals surface area contributed by atoms with Crippen LogP contribution in [0.3, 0.4) is 0 Å². The van der Waals surface area contributed by atoms with E-state index in [0.29, 0.717) is 11.4 Å². The van der Waals surface area contributed by atoms with Crippen molar-refractivity contribution in [1.29, 1.82) is 0 Å². The van der Waals surface area contributed by atoms with Crippen LogP contribution >= 0.6 is 27.7 Å². The maximum Gasteiger partial charge on any atom is 0.247 e. The number of imide groups is 1. The molecule has 0 bridgehead atoms. The standard InChI is InChI=1S/C17H14BrN3O2S/c18-11-6-8-13(9-7-11)21-15(22)10-14(16(21)23)24-17(19)20-12-4-2-1-3-5-12/h1-9,14H,10H2,(H2,19,20). The van der Waals surface area contributed by atoms with Crippen LogP contribution in [0.25, 0.3) is 0 Å². The van der Waals surface area contributed by atoms with Gasteiger partial charge in [0.15, 0.2) is 5.17 Å². The monoisotopic (exact) mass is 403 g/mol. The summed E-state index contributed by atoms with van der Waals surface area (Å²) in [5.41, 5.74) is 7.20. The van der Waals surface area contributed by atoms with Crippen LogP contribution in [0.5, 0.6) is 0 Å². The number of carbonyl (C=O) groups is 2. The zero-order valence-corrected chi connectivity index (χ0v) is 15.0. The van der Waals surface area contributed by atoms with E-state index in [-0.39, 0.29) is 23.4 Å². The first kappa shape index (κ1) is 16.7. The molecule has 2 aromatic carbocycles. The summed E-state index contributed by atoms with van der Waals surface area (Å²) >= 11 is 4.46. The van der Waals surface area contributed by atoms with Crippen LogP contribution in [0.4, 0.5) is 11.4 Å². The van der Waals surface area contributed by atoms with Gasteiger partial charge in [0.25, 0.3) is 0 Å². The number of nitrogens with two attached hydrogens (primary N) is 1. The Hall–Kier alpha value is -2.12. The van der Waals surface area contributed by atoms with Gasteiger partial charge in [-0.15, -0.1) is 0 Å². The lowest BCUT2D eigenvalue weighted by molar-refractivity contribution is -0.121. The van der Waals surface area contributed by atoms with Gasteiger partial charge in [-0.25, -0.2) is 9.89 Å². The van der Waals surface area contributed by atoms with Gasteiger partial charge in [-0.05, 0) is 36.4 Å². The molecule has 1 saturated heterocycles. The quantitative estimate of drug-likeness (QED) is 0.483. The summed E-state index contributed by atoms with van der Waals surface area (Å²) in [5.74, 6) is -0.495. The van der Waals surface area contributed by atoms with Crippen molar-refractivity contribution in [3.8, 4) is 0 Å². The Labute approximate surface area is 152 Å². The topological polar surface area (TPSA) is 75.8 Å². The lowest BCUT2D eigenvalue weighted by Gasteiger charge is -2.14. The minimum absolute atomic E-state index is 0.116. The third kappa shape index (κ3) is 3.68. The highest BCUT2D eigenvalue weighted by Gasteiger charge is 2.40. The third-order valence-electron chi connectivity index (χ3n) is 3.45. The Kier molecular flexibility index (Phi) is 5.01. The number of para-hydroxylation sites is 1. The first-order valence-electron chi connectivity index (χ1n) is 7.23. The molecule has 2 N–H and O–H groups in total. The van der Waals surface area contributed by atoms with E-state index >= 15 is 0 Å². The van der Waals surface area contributed by atoms with Crippen molar-refractivity contribution in [2.75, 3.05) is 4.90 Å². The summed E-state index contributed by atoms with van der Waals surface area (Å²) in [7, 11) is 0. The first-order valence-corrected chi connectivity index (χ1v) is 8.90. The number of benzene rings is 2. The van der Waals surface area contributed by atoms with Crippen LogP contribution in [-0.2, 0) is 9.59 Å². The molecule has 3 rings (SSSR count). The summed E-state index contributed by atoms with van der Waals surface area (Å²) in [6.07, 6.45) is 0.116. The largest absolute Gasteiger partial charge is 0.378 e. The lowest BCUT2D eigenvalue weighted by atomic mass is 10.3. The molecule has 1 aliphatic heterocycles. The molecule has 0 aliphatic carbocycles. The molecule has 0 spiro atoms. The molecule has 1 unspecified atom stereocenters. The van der Waals surface area contributed by atoms with E-state index in [4.69, 9.17) is 5.73 Å². The van der Waals surface area contributed by atoms with E-state index < -0.39 is 5.25 Å². The summed E-state index contributed by atoms with van der Waals surface area (Å²) in [4.78, 5) is 30.2. The number of nitrogens with zero attached hydrogens (tertiary/aromatic N) is 2. The van der Waals surface area contributed by atoms with E-state index in [0.717, 1.165) is 16.2 Å². The average molecular weight is 404 g/mol. The zero-order valence-electron chi connectivity index (χ0n) is 12.6. The van der Waals surface area contributed by atoms with Crippen LogP contribution < -0.4 is 10.6 Å². The Morgan fingerprint density at radius 1 is 1.12 bits per heavy atom. The Bertz CT molecular complexity index is 793. The van der Waals surface area contributed by atoms with Crippen molar-refractivity contribution in [2.45, 2.75) is 11.7 Å². The molecule has 122 valence electrons. The summed E-state index contributed by atoms with van der Waals surface area (Å²) < 4.78 is 0.885. The van der Waals surface area contributed by atoms with Gasteiger partial charge < -0.3 is 5.73 Å². The van der Waals surface area contributed by atoms with Gasteiger partial charge >= 0.3 is 0 Å². The maximum atomic E-state index is 12.6. The molecule has 1 aliphatic rings. The Balaban J connectivity index is 1.74. The molecule has 0 saturated carbocycles. The van der Waals surface area contributed by atoms with Crippen molar-refractivity contribution in [3.63, 3.8) is 0 Å². The van der Waals surface area contributed by atoms with E-state index in [1.807, 2.05) is 30.3 Å². The van der Waals surface area contributed by atoms with E-state index in [1.165, 1.54) is 4.90 Å². The molecule has 5 nitrogen and oxygen atoms in total. The van der Waals surface area contributed by atoms with Crippen LogP contribution in [0.1, 0.15) is 6.42 Å². The highest BCUT2D eigenvalue weighted by atomic mass is 79.9. The van der Waals surface area contributed by atoms with Gasteiger partial charge in [-0.2, -0.15) is 0 Å². The number of thioether (sulfide) groups is 1. The van der Waals surface area contributed by atoms with Crippen LogP contribution in [0.15, 0.2) is 64.1 Å². The smallest absolute Gasteiger partial charge is 0.247 e. The Morgan fingerprint density at radius 3 is 2.46 bits per heavy atom. The molecule has 1 fully saturated rings. The first-order chi connectivity index (χ1) is 11.5. The fourth-order valence-electron chi connectivity index (χ4n) is 2.36. The number of aliphatic imine (C=N–C) groups is 1. The molecule has 0 aromatic heterocycles. The SMILES string of the molecule is NC(=Nc1ccccc1)SC1CC(=O)N(c2ccc(Br)cc2)C1=O. The molecular formula is C17H14BrN3O2S. The highest BCUT2D eigenvalue weighted by Crippen LogP contribution is 2.30.